The van der Waals surface area contributed by atoms with Crippen LogP contribution in [0.4, 0.5) is 22.7 Å². The Balaban J connectivity index is 2.02. The molecule has 6 atom stereocenters. The van der Waals surface area contributed by atoms with E-state index in [0.29, 0.717) is 11.8 Å². The number of hydrogen-bond donors (Lipinski definition) is 17. The summed E-state index contributed by atoms with van der Waals surface area (Å²) in [4.78, 5) is 122. The summed E-state index contributed by atoms with van der Waals surface area (Å²) in [6.45, 7) is -1.19. The lowest BCUT2D eigenvalue weighted by atomic mass is 10.1. The zero-order valence-electron chi connectivity index (χ0n) is 36.5. The molecule has 6 amide bonds. The molecule has 0 aliphatic carbocycles. The predicted molar refractivity (Wildman–Crippen MR) is 248 cm³/mol. The number of aliphatic hydroxyl groups excluding tert-OH is 2. The number of guanidine groups is 4. The van der Waals surface area contributed by atoms with Crippen LogP contribution in [0.2, 0.25) is 0 Å². The summed E-state index contributed by atoms with van der Waals surface area (Å²) in [5.41, 5.74) is 49.5. The third kappa shape index (κ3) is 16.9. The van der Waals surface area contributed by atoms with Crippen LogP contribution < -0.4 is 88.6 Å². The largest absolute Gasteiger partial charge is 0.370 e. The van der Waals surface area contributed by atoms with Crippen molar-refractivity contribution in [2.45, 2.75) is 43.5 Å². The molecular formula is C36H48N22O13. The van der Waals surface area contributed by atoms with Crippen LogP contribution in [0.3, 0.4) is 0 Å². The number of benzene rings is 3. The molecule has 3 aromatic carbocycles. The van der Waals surface area contributed by atoms with Crippen molar-refractivity contribution in [2.75, 3.05) is 17.2 Å². The maximum atomic E-state index is 14.2. The highest BCUT2D eigenvalue weighted by atomic mass is 16.7. The van der Waals surface area contributed by atoms with Crippen LogP contribution in [0.5, 0.6) is 0 Å². The van der Waals surface area contributed by atoms with Gasteiger partial charge >= 0.3 is 0 Å². The number of nitrogens with zero attached hydrogens (tertiary/aromatic N) is 7. The number of carbonyl (C=O) groups excluding carboxylic acids is 6. The fourth-order valence-corrected chi connectivity index (χ4v) is 5.70. The van der Waals surface area contributed by atoms with Crippen molar-refractivity contribution < 1.29 is 53.7 Å². The van der Waals surface area contributed by atoms with Crippen molar-refractivity contribution >= 4 is 82.0 Å². The second kappa shape index (κ2) is 25.7. The van der Waals surface area contributed by atoms with Gasteiger partial charge in [-0.25, -0.2) is 24.8 Å². The lowest BCUT2D eigenvalue weighted by Crippen LogP contribution is -2.58. The average Bonchev–Trinajstić information content (AvgIpc) is 3.30. The van der Waals surface area contributed by atoms with Gasteiger partial charge in [-0.3, -0.25) is 54.5 Å². The number of anilines is 2. The van der Waals surface area contributed by atoms with Crippen molar-refractivity contribution in [2.24, 2.45) is 71.6 Å². The summed E-state index contributed by atoms with van der Waals surface area (Å²) < 4.78 is 0. The van der Waals surface area contributed by atoms with Gasteiger partial charge in [0.15, 0.2) is 30.6 Å². The van der Waals surface area contributed by atoms with Gasteiger partial charge in [0.05, 0.1) is 21.6 Å². The minimum atomic E-state index is -2.43. The van der Waals surface area contributed by atoms with Crippen LogP contribution in [-0.2, 0) is 40.1 Å². The van der Waals surface area contributed by atoms with E-state index in [-0.39, 0.29) is 11.1 Å². The number of nitrogens with two attached hydrogens (primary N) is 9. The van der Waals surface area contributed by atoms with E-state index in [1.54, 1.807) is 0 Å². The van der Waals surface area contributed by atoms with Crippen molar-refractivity contribution in [3.05, 3.63) is 104 Å². The number of primary amides is 1. The van der Waals surface area contributed by atoms with Gasteiger partial charge in [0.2, 0.25) is 36.8 Å². The molecule has 0 heterocycles. The Morgan fingerprint density at radius 2 is 1.07 bits per heavy atom. The van der Waals surface area contributed by atoms with Gasteiger partial charge in [-0.15, -0.1) is 0 Å². The van der Waals surface area contributed by atoms with E-state index < -0.39 is 136 Å². The van der Waals surface area contributed by atoms with Gasteiger partial charge in [-0.05, 0) is 29.3 Å². The molecule has 0 saturated carbocycles. The van der Waals surface area contributed by atoms with E-state index in [4.69, 9.17) is 61.5 Å². The highest BCUT2D eigenvalue weighted by Gasteiger charge is 2.36. The molecule has 3 aromatic rings. The number of non-ortho nitro benzene ring substituents is 1. The molecule has 26 N–H and O–H groups in total. The highest BCUT2D eigenvalue weighted by molar-refractivity contribution is 5.99. The molecular weight excluding hydrogens is 949 g/mol. The highest BCUT2D eigenvalue weighted by Crippen LogP contribution is 2.34. The molecule has 0 radical (unpaired) electrons. The monoisotopic (exact) mass is 996 g/mol. The van der Waals surface area contributed by atoms with Gasteiger partial charge in [-0.1, -0.05) is 42.5 Å². The van der Waals surface area contributed by atoms with Crippen molar-refractivity contribution in [1.82, 2.24) is 26.6 Å². The molecule has 0 fully saturated rings. The molecule has 0 aliphatic rings. The summed E-state index contributed by atoms with van der Waals surface area (Å²) >= 11 is 0. The second-order valence-corrected chi connectivity index (χ2v) is 13.9. The number of aliphatic hydroxyl groups is 2. The second-order valence-electron chi connectivity index (χ2n) is 13.9. The summed E-state index contributed by atoms with van der Waals surface area (Å²) in [7, 11) is 0. The maximum absolute atomic E-state index is 14.2. The third-order valence-corrected chi connectivity index (χ3v) is 8.69. The molecule has 35 heteroatoms. The molecule has 0 aromatic heterocycles. The Hall–Kier alpha value is -10.2. The molecule has 3 rings (SSSR count). The van der Waals surface area contributed by atoms with Gasteiger partial charge < -0.3 is 93.3 Å². The van der Waals surface area contributed by atoms with Gasteiger partial charge in [0, 0.05) is 12.6 Å². The Kier molecular flexibility index (Phi) is 19.9. The van der Waals surface area contributed by atoms with Crippen molar-refractivity contribution in [1.29, 1.82) is 0 Å². The number of aliphatic imine (C=N–C) groups is 4. The summed E-state index contributed by atoms with van der Waals surface area (Å²) in [5.74, 6) is -11.4. The smallest absolute Gasteiger partial charge is 0.299 e. The molecule has 0 aliphatic heterocycles. The normalized spacial score (nSPS) is 13.0. The number of nitrogens with one attached hydrogen (secondary N) is 6. The minimum absolute atomic E-state index is 0.0179. The number of amides is 6. The molecule has 35 nitrogen and oxygen atoms in total. The molecule has 71 heavy (non-hydrogen) atoms. The summed E-state index contributed by atoms with van der Waals surface area (Å²) in [6, 6.07) is 13.3. The van der Waals surface area contributed by atoms with Crippen molar-refractivity contribution in [3.8, 4) is 0 Å². The summed E-state index contributed by atoms with van der Waals surface area (Å²) in [6.07, 6.45) is -10.9. The van der Waals surface area contributed by atoms with E-state index in [9.17, 15) is 54.1 Å². The quantitative estimate of drug-likeness (QED) is 0.0123. The maximum Gasteiger partial charge on any atom is 0.299 e. The first kappa shape index (κ1) is 55.2. The van der Waals surface area contributed by atoms with Gasteiger partial charge in [-0.2, -0.15) is 0 Å². The first-order valence-corrected chi connectivity index (χ1v) is 19.6. The number of hydrogen-bond acceptors (Lipinski definition) is 19. The average molecular weight is 997 g/mol. The number of carbonyl (C=O) groups is 6. The number of rotatable bonds is 25. The minimum Gasteiger partial charge on any atom is -0.370 e. The van der Waals surface area contributed by atoms with E-state index in [0.717, 1.165) is 17.0 Å². The van der Waals surface area contributed by atoms with Crippen LogP contribution in [-0.4, -0.2) is 117 Å². The van der Waals surface area contributed by atoms with Crippen LogP contribution in [0.15, 0.2) is 92.8 Å². The van der Waals surface area contributed by atoms with E-state index >= 15 is 0 Å². The van der Waals surface area contributed by atoms with Gasteiger partial charge in [0.25, 0.3) is 40.9 Å². The topological polar surface area (TPSA) is 597 Å². The molecule has 6 unspecified atom stereocenters. The Morgan fingerprint density at radius 3 is 1.51 bits per heavy atom. The standard InChI is InChI=1S/C36H48N22O13/c37-22(60)23(51-33(38)39)47-28(62)25(53-35(42)43)49-30(64)26(54-36(44)45)50-29(63)24(52-34(40)41)48-27(61)21(16-4-2-1-3-5-16)46-31(65)32(66)56(13-15-6-8-17(9-7-15)55-71-14-59)19-11-10-18(57(67)68)12-20(19)58(69)70/h1-12,21,23-26,32,55,59,66H,13-14H2,(H2,37,60)(H,46,65)(H,47,62)(H,48,61)(H,49,64)(H,50,63)(H4,38,39,51)(H4,40,41,52)(H4,42,43,53)(H4,44,45,54). The van der Waals surface area contributed by atoms with Crippen LogP contribution >= 0.6 is 0 Å². The number of nitro groups is 2. The van der Waals surface area contributed by atoms with Crippen molar-refractivity contribution in [3.63, 3.8) is 0 Å². The number of nitro benzene ring substituents is 2. The predicted octanol–water partition coefficient (Wildman–Crippen LogP) is -7.67. The van der Waals surface area contributed by atoms with Crippen LogP contribution in [0, 0.1) is 20.2 Å². The fourth-order valence-electron chi connectivity index (χ4n) is 5.70. The SMILES string of the molecule is NC(=O)C(N=C(N)N)NC(=O)C(N=C(N)N)NC(=O)C(N=C(N)N)NC(=O)C(N=C(N)N)NC(=O)C(NC(=O)C(O)N(Cc1ccc(NOCO)cc1)c1ccc([N+](=O)[O-])cc1[N+](=O)[O-])c1ccccc1. The van der Waals surface area contributed by atoms with E-state index in [1.165, 1.54) is 54.6 Å². The first-order chi connectivity index (χ1) is 33.4. The van der Waals surface area contributed by atoms with Crippen LogP contribution in [0.25, 0.3) is 0 Å². The Bertz CT molecular complexity index is 2560. The third-order valence-electron chi connectivity index (χ3n) is 8.69. The molecule has 0 spiro atoms. The Morgan fingerprint density at radius 1 is 0.606 bits per heavy atom. The summed E-state index contributed by atoms with van der Waals surface area (Å²) in [5, 5.41) is 54.8. The molecule has 0 saturated heterocycles. The zero-order valence-corrected chi connectivity index (χ0v) is 36.5. The fraction of sp³-hybridized carbons (Fsp3) is 0.222. The first-order valence-electron chi connectivity index (χ1n) is 19.6. The van der Waals surface area contributed by atoms with E-state index in [2.05, 4.69) is 36.1 Å². The van der Waals surface area contributed by atoms with E-state index in [1.807, 2.05) is 16.0 Å². The molecule has 380 valence electrons. The Labute approximate surface area is 398 Å². The van der Waals surface area contributed by atoms with Crippen LogP contribution in [0.1, 0.15) is 17.2 Å². The molecule has 0 bridgehead atoms. The lowest BCUT2D eigenvalue weighted by molar-refractivity contribution is -0.393. The lowest BCUT2D eigenvalue weighted by Gasteiger charge is -2.30. The zero-order chi connectivity index (χ0) is 53.1. The van der Waals surface area contributed by atoms with Gasteiger partial charge in [0.1, 0.15) is 11.7 Å².